The second-order valence-corrected chi connectivity index (χ2v) is 5.21. The molecule has 1 atom stereocenters. The molecule has 0 aromatic heterocycles. The highest BCUT2D eigenvalue weighted by Crippen LogP contribution is 2.33. The third-order valence-electron chi connectivity index (χ3n) is 3.13. The Balaban J connectivity index is 2.21. The van der Waals surface area contributed by atoms with Crippen molar-refractivity contribution in [3.05, 3.63) is 27.7 Å². The van der Waals surface area contributed by atoms with Gasteiger partial charge in [0.05, 0.1) is 5.02 Å². The maximum absolute atomic E-state index is 11.1. The van der Waals surface area contributed by atoms with Gasteiger partial charge in [-0.2, -0.15) is 0 Å². The number of nitrogens with zero attached hydrogens (tertiary/aromatic N) is 1. The van der Waals surface area contributed by atoms with Gasteiger partial charge in [-0.3, -0.25) is 9.69 Å². The number of carbonyl (C=O) groups is 1. The number of benzene rings is 1. The molecule has 2 N–H and O–H groups in total. The molecule has 98 valence electrons. The lowest BCUT2D eigenvalue weighted by Gasteiger charge is -2.21. The number of hydrogen-bond donors (Lipinski definition) is 2. The van der Waals surface area contributed by atoms with Crippen molar-refractivity contribution in [1.29, 1.82) is 0 Å². The van der Waals surface area contributed by atoms with E-state index in [9.17, 15) is 9.90 Å². The van der Waals surface area contributed by atoms with E-state index >= 15 is 0 Å². The van der Waals surface area contributed by atoms with E-state index in [2.05, 4.69) is 0 Å². The number of halogens is 2. The highest BCUT2D eigenvalue weighted by Gasteiger charge is 2.30. The lowest BCUT2D eigenvalue weighted by Crippen LogP contribution is -2.35. The summed E-state index contributed by atoms with van der Waals surface area (Å²) < 4.78 is 0. The van der Waals surface area contributed by atoms with Crippen molar-refractivity contribution in [2.45, 2.75) is 25.4 Å². The molecule has 0 radical (unpaired) electrons. The number of aliphatic carboxylic acids is 1. The summed E-state index contributed by atoms with van der Waals surface area (Å²) >= 11 is 11.7. The van der Waals surface area contributed by atoms with E-state index in [0.29, 0.717) is 30.1 Å². The van der Waals surface area contributed by atoms with Crippen LogP contribution in [0.5, 0.6) is 5.75 Å². The van der Waals surface area contributed by atoms with Crippen LogP contribution in [0.2, 0.25) is 10.0 Å². The average molecular weight is 290 g/mol. The first-order chi connectivity index (χ1) is 8.49. The SMILES string of the molecule is O=C(O)C1CCCN1Cc1cc(Cl)cc(Cl)c1O. The highest BCUT2D eigenvalue weighted by atomic mass is 35.5. The lowest BCUT2D eigenvalue weighted by atomic mass is 10.1. The highest BCUT2D eigenvalue weighted by molar-refractivity contribution is 6.35. The summed E-state index contributed by atoms with van der Waals surface area (Å²) in [6.45, 7) is 1.03. The number of hydrogen-bond acceptors (Lipinski definition) is 3. The molecule has 0 spiro atoms. The van der Waals surface area contributed by atoms with Crippen molar-refractivity contribution >= 4 is 29.2 Å². The first-order valence-electron chi connectivity index (χ1n) is 5.63. The average Bonchev–Trinajstić information content (AvgIpc) is 2.73. The molecular formula is C12H13Cl2NO3. The zero-order valence-corrected chi connectivity index (χ0v) is 11.1. The molecule has 2 rings (SSSR count). The second kappa shape index (κ2) is 5.34. The predicted octanol–water partition coefficient (Wildman–Crippen LogP) is 2.75. The second-order valence-electron chi connectivity index (χ2n) is 4.36. The van der Waals surface area contributed by atoms with Gasteiger partial charge in [-0.1, -0.05) is 23.2 Å². The molecule has 1 fully saturated rings. The number of likely N-dealkylation sites (tertiary alicyclic amines) is 1. The molecule has 4 nitrogen and oxygen atoms in total. The van der Waals surface area contributed by atoms with E-state index in [1.54, 1.807) is 6.07 Å². The molecule has 1 unspecified atom stereocenters. The number of carboxylic acids is 1. The monoisotopic (exact) mass is 289 g/mol. The van der Waals surface area contributed by atoms with E-state index < -0.39 is 12.0 Å². The van der Waals surface area contributed by atoms with Gasteiger partial charge in [0.25, 0.3) is 0 Å². The van der Waals surface area contributed by atoms with Gasteiger partial charge < -0.3 is 10.2 Å². The number of rotatable bonds is 3. The van der Waals surface area contributed by atoms with E-state index in [0.717, 1.165) is 6.42 Å². The predicted molar refractivity (Wildman–Crippen MR) is 69.2 cm³/mol. The van der Waals surface area contributed by atoms with Crippen molar-refractivity contribution in [1.82, 2.24) is 4.90 Å². The van der Waals surface area contributed by atoms with E-state index in [1.165, 1.54) is 6.07 Å². The first-order valence-corrected chi connectivity index (χ1v) is 6.38. The molecule has 1 aliphatic heterocycles. The number of aromatic hydroxyl groups is 1. The topological polar surface area (TPSA) is 60.8 Å². The van der Waals surface area contributed by atoms with Crippen LogP contribution in [-0.2, 0) is 11.3 Å². The molecule has 0 bridgehead atoms. The fourth-order valence-electron chi connectivity index (χ4n) is 2.25. The van der Waals surface area contributed by atoms with Crippen molar-refractivity contribution in [2.24, 2.45) is 0 Å². The summed E-state index contributed by atoms with van der Waals surface area (Å²) in [5, 5.41) is 19.5. The quantitative estimate of drug-likeness (QED) is 0.898. The summed E-state index contributed by atoms with van der Waals surface area (Å²) in [4.78, 5) is 12.9. The van der Waals surface area contributed by atoms with Gasteiger partial charge in [0.15, 0.2) is 0 Å². The van der Waals surface area contributed by atoms with Crippen LogP contribution >= 0.6 is 23.2 Å². The van der Waals surface area contributed by atoms with Crippen molar-refractivity contribution < 1.29 is 15.0 Å². The molecule has 6 heteroatoms. The zero-order chi connectivity index (χ0) is 13.3. The molecule has 1 heterocycles. The van der Waals surface area contributed by atoms with Crippen LogP contribution in [0.15, 0.2) is 12.1 Å². The third kappa shape index (κ3) is 2.71. The fraction of sp³-hybridized carbons (Fsp3) is 0.417. The molecule has 1 aromatic rings. The van der Waals surface area contributed by atoms with Crippen molar-refractivity contribution in [3.8, 4) is 5.75 Å². The van der Waals surface area contributed by atoms with Crippen molar-refractivity contribution in [3.63, 3.8) is 0 Å². The zero-order valence-electron chi connectivity index (χ0n) is 9.57. The lowest BCUT2D eigenvalue weighted by molar-refractivity contribution is -0.142. The molecule has 1 saturated heterocycles. The van der Waals surface area contributed by atoms with Gasteiger partial charge in [0.2, 0.25) is 0 Å². The Morgan fingerprint density at radius 3 is 2.83 bits per heavy atom. The minimum atomic E-state index is -0.833. The maximum atomic E-state index is 11.1. The standard InChI is InChI=1S/C12H13Cl2NO3/c13-8-4-7(11(16)9(14)5-8)6-15-3-1-2-10(15)12(17)18/h4-5,10,16H,1-3,6H2,(H,17,18). The molecule has 1 aromatic carbocycles. The molecule has 0 amide bonds. The number of carboxylic acid groups (broad SMARTS) is 1. The van der Waals surface area contributed by atoms with Crippen LogP contribution in [0.1, 0.15) is 18.4 Å². The largest absolute Gasteiger partial charge is 0.506 e. The van der Waals surface area contributed by atoms with E-state index in [1.807, 2.05) is 4.90 Å². The Hall–Kier alpha value is -0.970. The Kier molecular flexibility index (Phi) is 4.00. The molecule has 0 aliphatic carbocycles. The molecule has 0 saturated carbocycles. The summed E-state index contributed by atoms with van der Waals surface area (Å²) in [6, 6.07) is 2.57. The Morgan fingerprint density at radius 1 is 1.44 bits per heavy atom. The smallest absolute Gasteiger partial charge is 0.320 e. The van der Waals surface area contributed by atoms with Gasteiger partial charge in [0, 0.05) is 17.1 Å². The van der Waals surface area contributed by atoms with E-state index in [-0.39, 0.29) is 10.8 Å². The summed E-state index contributed by atoms with van der Waals surface area (Å²) in [5.74, 6) is -0.864. The van der Waals surface area contributed by atoms with Crippen molar-refractivity contribution in [2.75, 3.05) is 6.54 Å². The Morgan fingerprint density at radius 2 is 2.17 bits per heavy atom. The normalized spacial score (nSPS) is 20.2. The third-order valence-corrected chi connectivity index (χ3v) is 3.64. The Bertz CT molecular complexity index is 479. The van der Waals surface area contributed by atoms with Crippen LogP contribution in [-0.4, -0.2) is 33.7 Å². The van der Waals surface area contributed by atoms with Crippen LogP contribution in [0, 0.1) is 0 Å². The van der Waals surface area contributed by atoms with E-state index in [4.69, 9.17) is 28.3 Å². The fourth-order valence-corrected chi connectivity index (χ4v) is 2.79. The molecular weight excluding hydrogens is 277 g/mol. The molecule has 18 heavy (non-hydrogen) atoms. The number of phenolic OH excluding ortho intramolecular Hbond substituents is 1. The molecule has 1 aliphatic rings. The van der Waals surface area contributed by atoms with Crippen LogP contribution in [0.25, 0.3) is 0 Å². The summed E-state index contributed by atoms with van der Waals surface area (Å²) in [7, 11) is 0. The van der Waals surface area contributed by atoms with Gasteiger partial charge in [-0.25, -0.2) is 0 Å². The van der Waals surface area contributed by atoms with Gasteiger partial charge in [-0.15, -0.1) is 0 Å². The Labute approximate surface area is 115 Å². The van der Waals surface area contributed by atoms with Crippen LogP contribution in [0.4, 0.5) is 0 Å². The maximum Gasteiger partial charge on any atom is 0.320 e. The minimum absolute atomic E-state index is 0.0305. The van der Waals surface area contributed by atoms with Crippen LogP contribution in [0.3, 0.4) is 0 Å². The first kappa shape index (κ1) is 13.5. The minimum Gasteiger partial charge on any atom is -0.506 e. The number of phenols is 1. The van der Waals surface area contributed by atoms with Gasteiger partial charge in [-0.05, 0) is 31.5 Å². The van der Waals surface area contributed by atoms with Gasteiger partial charge >= 0.3 is 5.97 Å². The van der Waals surface area contributed by atoms with Crippen LogP contribution < -0.4 is 0 Å². The summed E-state index contributed by atoms with van der Waals surface area (Å²) in [5.41, 5.74) is 0.556. The van der Waals surface area contributed by atoms with Gasteiger partial charge in [0.1, 0.15) is 11.8 Å². The summed E-state index contributed by atoms with van der Waals surface area (Å²) in [6.07, 6.45) is 1.47.